The number of aliphatic imine (C=N–C) groups is 2. The van der Waals surface area contributed by atoms with Gasteiger partial charge in [0, 0.05) is 17.3 Å². The molecule has 3 unspecified atom stereocenters. The Bertz CT molecular complexity index is 1080. The molecule has 0 bridgehead atoms. The van der Waals surface area contributed by atoms with Crippen molar-refractivity contribution in [3.05, 3.63) is 51.2 Å². The third-order valence-electron chi connectivity index (χ3n) is 5.12. The molecule has 2 rings (SSSR count). The fourth-order valence-corrected chi connectivity index (χ4v) is 4.19. The number of nitro groups is 1. The maximum absolute atomic E-state index is 13.3. The highest BCUT2D eigenvalue weighted by Gasteiger charge is 2.67. The van der Waals surface area contributed by atoms with Crippen LogP contribution in [0, 0.1) is 10.1 Å². The van der Waals surface area contributed by atoms with E-state index in [1.165, 1.54) is 38.1 Å². The summed E-state index contributed by atoms with van der Waals surface area (Å²) in [5.41, 5.74) is -4.04. The zero-order valence-electron chi connectivity index (χ0n) is 17.0. The summed E-state index contributed by atoms with van der Waals surface area (Å²) in [5.74, 6) is -3.21. The van der Waals surface area contributed by atoms with Crippen molar-refractivity contribution >= 4 is 52.4 Å². The molecule has 1 aliphatic rings. The van der Waals surface area contributed by atoms with Crippen molar-refractivity contribution in [1.82, 2.24) is 5.32 Å². The van der Waals surface area contributed by atoms with Crippen molar-refractivity contribution < 1.29 is 24.0 Å². The molecular formula is C19H18N4O6S2. The van der Waals surface area contributed by atoms with Gasteiger partial charge >= 0.3 is 11.9 Å². The van der Waals surface area contributed by atoms with E-state index >= 15 is 0 Å². The number of nitrogens with one attached hydrogen (secondary N) is 1. The van der Waals surface area contributed by atoms with Crippen LogP contribution in [-0.2, 0) is 19.1 Å². The number of thiocarbonyl (C=S) groups is 2. The van der Waals surface area contributed by atoms with E-state index in [4.69, 9.17) is 33.9 Å². The molecule has 0 saturated carbocycles. The summed E-state index contributed by atoms with van der Waals surface area (Å²) in [4.78, 5) is 45.5. The molecule has 0 amide bonds. The van der Waals surface area contributed by atoms with Crippen molar-refractivity contribution in [2.75, 3.05) is 14.2 Å². The molecule has 0 spiro atoms. The van der Waals surface area contributed by atoms with Gasteiger partial charge in [-0.1, -0.05) is 18.2 Å². The van der Waals surface area contributed by atoms with Crippen molar-refractivity contribution in [3.63, 3.8) is 0 Å². The van der Waals surface area contributed by atoms with Crippen molar-refractivity contribution in [2.24, 2.45) is 9.98 Å². The van der Waals surface area contributed by atoms with E-state index in [9.17, 15) is 19.7 Å². The first-order chi connectivity index (χ1) is 14.6. The molecule has 1 aromatic rings. The van der Waals surface area contributed by atoms with Gasteiger partial charge in [0.2, 0.25) is 5.54 Å². The maximum atomic E-state index is 13.3. The number of carbonyl (C=O) groups is 2. The molecule has 0 saturated heterocycles. The smallest absolute Gasteiger partial charge is 0.340 e. The summed E-state index contributed by atoms with van der Waals surface area (Å²) in [5, 5.41) is 19.1. The number of nitro benzene ring substituents is 1. The van der Waals surface area contributed by atoms with E-state index in [0.717, 1.165) is 14.2 Å². The summed E-state index contributed by atoms with van der Waals surface area (Å²) in [6, 6.07) is 5.62. The van der Waals surface area contributed by atoms with Crippen LogP contribution >= 0.6 is 24.4 Å². The molecule has 1 aliphatic heterocycles. The van der Waals surface area contributed by atoms with Crippen LogP contribution in [-0.4, -0.2) is 52.6 Å². The Hall–Kier alpha value is -3.30. The lowest BCUT2D eigenvalue weighted by molar-refractivity contribution is -0.385. The van der Waals surface area contributed by atoms with Crippen LogP contribution in [0.4, 0.5) is 5.69 Å². The first kappa shape index (κ1) is 24.0. The number of methoxy groups -OCH3 is 2. The monoisotopic (exact) mass is 462 g/mol. The number of hydrogen-bond donors (Lipinski definition) is 1. The van der Waals surface area contributed by atoms with E-state index < -0.39 is 34.0 Å². The van der Waals surface area contributed by atoms with Gasteiger partial charge in [-0.3, -0.25) is 10.1 Å². The van der Waals surface area contributed by atoms with Gasteiger partial charge in [0.1, 0.15) is 0 Å². The molecule has 0 aromatic heterocycles. The number of rotatable bonds is 6. The molecule has 0 fully saturated rings. The second-order valence-electron chi connectivity index (χ2n) is 6.64. The zero-order valence-corrected chi connectivity index (χ0v) is 18.6. The normalized spacial score (nSPS) is 24.7. The predicted molar refractivity (Wildman–Crippen MR) is 117 cm³/mol. The molecule has 10 nitrogen and oxygen atoms in total. The van der Waals surface area contributed by atoms with E-state index in [-0.39, 0.29) is 22.5 Å². The van der Waals surface area contributed by atoms with Crippen LogP contribution < -0.4 is 5.32 Å². The minimum atomic E-state index is -2.15. The van der Waals surface area contributed by atoms with Crippen molar-refractivity contribution in [3.8, 4) is 0 Å². The molecular weight excluding hydrogens is 444 g/mol. The van der Waals surface area contributed by atoms with Crippen LogP contribution in [0.5, 0.6) is 0 Å². The van der Waals surface area contributed by atoms with Crippen molar-refractivity contribution in [1.29, 1.82) is 0 Å². The average molecular weight is 463 g/mol. The Morgan fingerprint density at radius 3 is 2.32 bits per heavy atom. The average Bonchev–Trinajstić information content (AvgIpc) is 2.74. The van der Waals surface area contributed by atoms with Gasteiger partial charge in [0.15, 0.2) is 5.66 Å². The number of esters is 2. The number of nitrogens with zero attached hydrogens (tertiary/aromatic N) is 3. The Balaban J connectivity index is 3.18. The lowest BCUT2D eigenvalue weighted by Crippen LogP contribution is -2.69. The van der Waals surface area contributed by atoms with Gasteiger partial charge in [-0.15, -0.1) is 0 Å². The molecule has 1 aromatic carbocycles. The van der Waals surface area contributed by atoms with E-state index in [0.29, 0.717) is 0 Å². The number of carbonyl (C=O) groups excluding carboxylic acids is 2. The fourth-order valence-electron chi connectivity index (χ4n) is 3.86. The molecule has 3 atom stereocenters. The number of ether oxygens (including phenoxy) is 2. The highest BCUT2D eigenvalue weighted by atomic mass is 32.1. The summed E-state index contributed by atoms with van der Waals surface area (Å²) in [6.07, 6.45) is 0. The van der Waals surface area contributed by atoms with Gasteiger partial charge in [-0.25, -0.2) is 19.6 Å². The number of benzene rings is 1. The number of hydrogen-bond acceptors (Lipinski definition) is 11. The zero-order chi connectivity index (χ0) is 23.4. The quantitative estimate of drug-likeness (QED) is 0.223. The largest absolute Gasteiger partial charge is 0.467 e. The summed E-state index contributed by atoms with van der Waals surface area (Å²) < 4.78 is 9.92. The molecule has 12 heteroatoms. The maximum Gasteiger partial charge on any atom is 0.340 e. The summed E-state index contributed by atoms with van der Waals surface area (Å²) in [6.45, 7) is 2.99. The SMILES string of the molecule is COC(=O)C1=C(C)NC(C)(N=C=S)C(N=C=S)(C(=O)OC)C1c1ccccc1[N+](=O)[O-]. The van der Waals surface area contributed by atoms with Gasteiger partial charge in [-0.05, 0) is 38.3 Å². The number of allylic oxidation sites excluding steroid dienone is 1. The van der Waals surface area contributed by atoms with Gasteiger partial charge in [0.25, 0.3) is 5.69 Å². The second-order valence-corrected chi connectivity index (χ2v) is 7.01. The fraction of sp³-hybridized carbons (Fsp3) is 0.368. The first-order valence-corrected chi connectivity index (χ1v) is 9.53. The minimum Gasteiger partial charge on any atom is -0.467 e. The molecule has 1 heterocycles. The van der Waals surface area contributed by atoms with Gasteiger partial charge in [-0.2, -0.15) is 0 Å². The van der Waals surface area contributed by atoms with Crippen molar-refractivity contribution in [2.45, 2.75) is 31.0 Å². The molecule has 31 heavy (non-hydrogen) atoms. The van der Waals surface area contributed by atoms with Crippen LogP contribution in [0.3, 0.4) is 0 Å². The Morgan fingerprint density at radius 2 is 1.81 bits per heavy atom. The third-order valence-corrected chi connectivity index (χ3v) is 5.30. The van der Waals surface area contributed by atoms with E-state index in [2.05, 4.69) is 25.6 Å². The third kappa shape index (κ3) is 3.77. The van der Waals surface area contributed by atoms with Crippen LogP contribution in [0.2, 0.25) is 0 Å². The Morgan fingerprint density at radius 1 is 1.19 bits per heavy atom. The Kier molecular flexibility index (Phi) is 7.14. The first-order valence-electron chi connectivity index (χ1n) is 8.72. The lowest BCUT2D eigenvalue weighted by atomic mass is 9.65. The Labute approximate surface area is 188 Å². The second kappa shape index (κ2) is 9.23. The topological polar surface area (TPSA) is 132 Å². The highest BCUT2D eigenvalue weighted by molar-refractivity contribution is 7.78. The molecule has 0 aliphatic carbocycles. The van der Waals surface area contributed by atoms with Gasteiger partial charge < -0.3 is 14.8 Å². The predicted octanol–water partition coefficient (Wildman–Crippen LogP) is 2.56. The molecule has 1 N–H and O–H groups in total. The lowest BCUT2D eigenvalue weighted by Gasteiger charge is -2.49. The summed E-state index contributed by atoms with van der Waals surface area (Å²) >= 11 is 9.57. The van der Waals surface area contributed by atoms with Crippen LogP contribution in [0.1, 0.15) is 25.3 Å². The molecule has 162 valence electrons. The highest BCUT2D eigenvalue weighted by Crippen LogP contribution is 2.51. The summed E-state index contributed by atoms with van der Waals surface area (Å²) in [7, 11) is 2.24. The minimum absolute atomic E-state index is 0.000978. The van der Waals surface area contributed by atoms with Crippen LogP contribution in [0.15, 0.2) is 45.5 Å². The van der Waals surface area contributed by atoms with E-state index in [1.807, 2.05) is 0 Å². The van der Waals surface area contributed by atoms with Crippen LogP contribution in [0.25, 0.3) is 0 Å². The van der Waals surface area contributed by atoms with Gasteiger partial charge in [0.05, 0.1) is 41.0 Å². The van der Waals surface area contributed by atoms with E-state index in [1.54, 1.807) is 0 Å². The standard InChI is InChI=1S/C19H18N4O6S2/c1-11-14(16(24)28-3)15(12-7-5-6-8-13(12)23(26)27)19(21-10-31,17(25)29-4)18(2,22-11)20-9-30/h5-8,15,22H,1-4H3. The molecule has 0 radical (unpaired) electrons. The number of isothiocyanates is 2. The number of para-hydroxylation sites is 1.